The van der Waals surface area contributed by atoms with Crippen LogP contribution in [0.1, 0.15) is 0 Å². The normalized spacial score (nSPS) is 11.2. The quantitative estimate of drug-likeness (QED) is 0.573. The van der Waals surface area contributed by atoms with E-state index in [2.05, 4.69) is 10.1 Å². The van der Waals surface area contributed by atoms with Gasteiger partial charge < -0.3 is 0 Å². The molecule has 0 saturated heterocycles. The van der Waals surface area contributed by atoms with Crippen LogP contribution in [0, 0.1) is 0 Å². The van der Waals surface area contributed by atoms with Crippen molar-refractivity contribution in [3.8, 4) is 17.1 Å². The highest BCUT2D eigenvalue weighted by Crippen LogP contribution is 2.28. The zero-order valence-electron chi connectivity index (χ0n) is 10.6. The Morgan fingerprint density at radius 1 is 0.900 bits per heavy atom. The maximum absolute atomic E-state index is 12.1. The number of benzene rings is 2. The van der Waals surface area contributed by atoms with Crippen LogP contribution in [0.2, 0.25) is 0 Å². The summed E-state index contributed by atoms with van der Waals surface area (Å²) in [6, 6.07) is 17.3. The molecule has 0 aliphatic carbocycles. The van der Waals surface area contributed by atoms with E-state index in [4.69, 9.17) is 0 Å². The van der Waals surface area contributed by atoms with Gasteiger partial charge in [0, 0.05) is 17.1 Å². The predicted octanol–water partition coefficient (Wildman–Crippen LogP) is 2.82. The van der Waals surface area contributed by atoms with Gasteiger partial charge in [-0.15, -0.1) is 0 Å². The lowest BCUT2D eigenvalue weighted by Crippen LogP contribution is -2.11. The molecule has 2 aromatic rings. The van der Waals surface area contributed by atoms with Gasteiger partial charge in [-0.3, -0.25) is 9.89 Å². The van der Waals surface area contributed by atoms with Crippen molar-refractivity contribution in [3.63, 3.8) is 0 Å². The fourth-order valence-corrected chi connectivity index (χ4v) is 2.52. The molecule has 0 saturated carbocycles. The third kappa shape index (κ3) is 1.48. The van der Waals surface area contributed by atoms with Gasteiger partial charge in [0.05, 0.1) is 5.69 Å². The van der Waals surface area contributed by atoms with Crippen molar-refractivity contribution in [3.05, 3.63) is 71.1 Å². The van der Waals surface area contributed by atoms with Gasteiger partial charge in [-0.25, -0.2) is 4.68 Å². The van der Waals surface area contributed by atoms with Gasteiger partial charge >= 0.3 is 0 Å². The summed E-state index contributed by atoms with van der Waals surface area (Å²) in [7, 11) is 0. The lowest BCUT2D eigenvalue weighted by atomic mass is 10.1. The fourth-order valence-electron chi connectivity index (χ4n) is 2.52. The topological polar surface area (TPSA) is 50.7 Å². The van der Waals surface area contributed by atoms with Gasteiger partial charge in [0.15, 0.2) is 5.82 Å². The first-order chi connectivity index (χ1) is 9.84. The summed E-state index contributed by atoms with van der Waals surface area (Å²) >= 11 is 0. The van der Waals surface area contributed by atoms with E-state index in [0.717, 1.165) is 16.6 Å². The molecule has 4 rings (SSSR count). The smallest absolute Gasteiger partial charge is 0.279 e. The standard InChI is InChI=1S/C16H11N3O/c20-16-13-9-5-4-8-12(13)14-10-17-19(15(14)18-16)11-6-2-1-3-7-11/h1-10,17H. The maximum Gasteiger partial charge on any atom is 0.279 e. The molecule has 4 nitrogen and oxygen atoms in total. The Morgan fingerprint density at radius 2 is 1.60 bits per heavy atom. The van der Waals surface area contributed by atoms with E-state index in [9.17, 15) is 4.79 Å². The number of pyridine rings is 1. The van der Waals surface area contributed by atoms with Gasteiger partial charge in [0.25, 0.3) is 5.56 Å². The number of hydrogen-bond donors (Lipinski definition) is 1. The van der Waals surface area contributed by atoms with Crippen LogP contribution >= 0.6 is 0 Å². The van der Waals surface area contributed by atoms with Crippen molar-refractivity contribution in [2.75, 3.05) is 0 Å². The molecule has 2 aromatic carbocycles. The number of rotatable bonds is 1. The van der Waals surface area contributed by atoms with E-state index >= 15 is 0 Å². The minimum absolute atomic E-state index is 0.197. The molecular weight excluding hydrogens is 250 g/mol. The van der Waals surface area contributed by atoms with Crippen molar-refractivity contribution in [1.29, 1.82) is 0 Å². The third-order valence-corrected chi connectivity index (χ3v) is 3.46. The molecule has 0 unspecified atom stereocenters. The molecule has 4 heteroatoms. The van der Waals surface area contributed by atoms with Crippen LogP contribution in [0.15, 0.2) is 65.6 Å². The summed E-state index contributed by atoms with van der Waals surface area (Å²) in [6.07, 6.45) is 1.89. The zero-order valence-corrected chi connectivity index (χ0v) is 10.6. The number of nitrogens with one attached hydrogen (secondary N) is 1. The number of aromatic nitrogens is 3. The molecule has 0 bridgehead atoms. The number of para-hydroxylation sites is 1. The highest BCUT2D eigenvalue weighted by molar-refractivity contribution is 5.95. The Bertz CT molecular complexity index is 921. The summed E-state index contributed by atoms with van der Waals surface area (Å²) in [5, 5.41) is 4.74. The first-order valence-electron chi connectivity index (χ1n) is 6.39. The lowest BCUT2D eigenvalue weighted by Gasteiger charge is -2.07. The molecule has 0 amide bonds. The molecule has 2 aliphatic heterocycles. The average Bonchev–Trinajstić information content (AvgIpc) is 2.92. The summed E-state index contributed by atoms with van der Waals surface area (Å²) in [5.41, 5.74) is 1.70. The third-order valence-electron chi connectivity index (χ3n) is 3.46. The van der Waals surface area contributed by atoms with Crippen LogP contribution in [-0.4, -0.2) is 14.8 Å². The Labute approximate surface area is 114 Å². The van der Waals surface area contributed by atoms with Gasteiger partial charge in [0.1, 0.15) is 0 Å². The minimum Gasteiger partial charge on any atom is -0.299 e. The van der Waals surface area contributed by atoms with Crippen LogP contribution in [0.3, 0.4) is 0 Å². The van der Waals surface area contributed by atoms with E-state index in [0.29, 0.717) is 11.2 Å². The van der Waals surface area contributed by atoms with Gasteiger partial charge in [-0.1, -0.05) is 36.4 Å². The van der Waals surface area contributed by atoms with Gasteiger partial charge in [-0.2, -0.15) is 4.98 Å². The monoisotopic (exact) mass is 261 g/mol. The molecule has 96 valence electrons. The van der Waals surface area contributed by atoms with Crippen LogP contribution in [0.5, 0.6) is 0 Å². The van der Waals surface area contributed by atoms with Crippen molar-refractivity contribution >= 4 is 10.8 Å². The summed E-state index contributed by atoms with van der Waals surface area (Å²) in [5.74, 6) is 0.653. The highest BCUT2D eigenvalue weighted by Gasteiger charge is 2.16. The second kappa shape index (κ2) is 4.06. The zero-order chi connectivity index (χ0) is 13.5. The summed E-state index contributed by atoms with van der Waals surface area (Å²) in [6.45, 7) is 0. The van der Waals surface area contributed by atoms with E-state index in [-0.39, 0.29) is 5.56 Å². The molecule has 20 heavy (non-hydrogen) atoms. The van der Waals surface area contributed by atoms with Gasteiger partial charge in [0.2, 0.25) is 0 Å². The lowest BCUT2D eigenvalue weighted by molar-refractivity contribution is 0.868. The number of H-pyrrole nitrogens is 1. The second-order valence-electron chi connectivity index (χ2n) is 4.64. The molecule has 0 fully saturated rings. The molecule has 2 heterocycles. The van der Waals surface area contributed by atoms with Crippen molar-refractivity contribution in [2.45, 2.75) is 0 Å². The largest absolute Gasteiger partial charge is 0.299 e. The molecule has 0 aromatic heterocycles. The van der Waals surface area contributed by atoms with Gasteiger partial charge in [-0.05, 0) is 23.6 Å². The Morgan fingerprint density at radius 3 is 2.40 bits per heavy atom. The highest BCUT2D eigenvalue weighted by atomic mass is 16.1. The molecule has 0 radical (unpaired) electrons. The molecular formula is C16H11N3O. The maximum atomic E-state index is 12.1. The number of fused-ring (bicyclic) bond motifs is 3. The Kier molecular flexibility index (Phi) is 2.23. The van der Waals surface area contributed by atoms with E-state index in [1.807, 2.05) is 65.5 Å². The predicted molar refractivity (Wildman–Crippen MR) is 78.3 cm³/mol. The van der Waals surface area contributed by atoms with Crippen molar-refractivity contribution in [2.24, 2.45) is 0 Å². The number of aromatic amines is 1. The molecule has 0 atom stereocenters. The molecule has 2 aliphatic rings. The first-order valence-corrected chi connectivity index (χ1v) is 6.39. The summed E-state index contributed by atoms with van der Waals surface area (Å²) < 4.78 is 1.82. The van der Waals surface area contributed by atoms with Crippen molar-refractivity contribution < 1.29 is 0 Å². The van der Waals surface area contributed by atoms with Crippen LogP contribution in [0.25, 0.3) is 27.8 Å². The van der Waals surface area contributed by atoms with E-state index < -0.39 is 0 Å². The summed E-state index contributed by atoms with van der Waals surface area (Å²) in [4.78, 5) is 16.4. The van der Waals surface area contributed by atoms with E-state index in [1.54, 1.807) is 0 Å². The Hall–Kier alpha value is -2.88. The molecule has 1 N–H and O–H groups in total. The van der Waals surface area contributed by atoms with Crippen LogP contribution in [-0.2, 0) is 0 Å². The number of nitrogens with zero attached hydrogens (tertiary/aromatic N) is 2. The van der Waals surface area contributed by atoms with Crippen molar-refractivity contribution in [1.82, 2.24) is 14.8 Å². The van der Waals surface area contributed by atoms with Crippen LogP contribution in [0.4, 0.5) is 0 Å². The average molecular weight is 261 g/mol. The molecule has 0 spiro atoms. The van der Waals surface area contributed by atoms with E-state index in [1.165, 1.54) is 0 Å². The van der Waals surface area contributed by atoms with Crippen LogP contribution < -0.4 is 5.56 Å². The fraction of sp³-hybridized carbons (Fsp3) is 0. The minimum atomic E-state index is -0.197. The number of hydrogen-bond acceptors (Lipinski definition) is 2. The Balaban J connectivity index is 2.09. The first kappa shape index (κ1) is 11.0. The second-order valence-corrected chi connectivity index (χ2v) is 4.64. The SMILES string of the molecule is O=c1nc2n(-c3ccccc3)[nH]cc-2c2ccccc12.